The number of rotatable bonds is 2. The molecule has 84 valence electrons. The third kappa shape index (κ3) is 2.10. The molecule has 0 aliphatic rings. The molecule has 1 unspecified atom stereocenters. The van der Waals surface area contributed by atoms with Crippen LogP contribution in [-0.2, 0) is 0 Å². The van der Waals surface area contributed by atoms with Crippen molar-refractivity contribution in [2.24, 2.45) is 0 Å². The minimum absolute atomic E-state index is 0.197. The quantitative estimate of drug-likeness (QED) is 0.872. The first-order valence-corrected chi connectivity index (χ1v) is 5.15. The van der Waals surface area contributed by atoms with Crippen molar-refractivity contribution < 1.29 is 13.9 Å². The fourth-order valence-corrected chi connectivity index (χ4v) is 1.69. The smallest absolute Gasteiger partial charge is 0.193 e. The van der Waals surface area contributed by atoms with Crippen molar-refractivity contribution >= 4 is 11.6 Å². The summed E-state index contributed by atoms with van der Waals surface area (Å²) in [5, 5.41) is 10.2. The van der Waals surface area contributed by atoms with Crippen LogP contribution in [0.2, 0.25) is 5.22 Å². The first-order valence-electron chi connectivity index (χ1n) is 4.77. The topological polar surface area (TPSA) is 33.4 Å². The highest BCUT2D eigenvalue weighted by Gasteiger charge is 2.17. The van der Waals surface area contributed by atoms with Crippen LogP contribution in [0, 0.1) is 12.7 Å². The van der Waals surface area contributed by atoms with Gasteiger partial charge in [0, 0.05) is 0 Å². The number of aliphatic hydroxyl groups excluding tert-OH is 1. The fraction of sp³-hybridized carbons (Fsp3) is 0.167. The highest BCUT2D eigenvalue weighted by atomic mass is 35.5. The van der Waals surface area contributed by atoms with Crippen LogP contribution in [-0.4, -0.2) is 5.11 Å². The predicted molar refractivity (Wildman–Crippen MR) is 58.9 cm³/mol. The molecule has 1 atom stereocenters. The summed E-state index contributed by atoms with van der Waals surface area (Å²) in [6, 6.07) is 7.35. The Bertz CT molecular complexity index is 507. The van der Waals surface area contributed by atoms with Gasteiger partial charge in [-0.05, 0) is 53.9 Å². The van der Waals surface area contributed by atoms with E-state index in [2.05, 4.69) is 0 Å². The lowest BCUT2D eigenvalue weighted by molar-refractivity contribution is 0.188. The van der Waals surface area contributed by atoms with Crippen LogP contribution in [0.5, 0.6) is 0 Å². The van der Waals surface area contributed by atoms with Crippen molar-refractivity contribution in [3.63, 3.8) is 0 Å². The van der Waals surface area contributed by atoms with E-state index in [0.29, 0.717) is 11.3 Å². The Balaban J connectivity index is 2.40. The van der Waals surface area contributed by atoms with E-state index in [1.165, 1.54) is 18.2 Å². The van der Waals surface area contributed by atoms with Crippen LogP contribution < -0.4 is 0 Å². The molecular formula is C12H10ClFO2. The normalized spacial score (nSPS) is 12.8. The number of aliphatic hydroxyl groups is 1. The minimum Gasteiger partial charge on any atom is -0.447 e. The molecule has 0 fully saturated rings. The molecular weight excluding hydrogens is 231 g/mol. The van der Waals surface area contributed by atoms with Gasteiger partial charge in [0.2, 0.25) is 0 Å². The molecule has 0 radical (unpaired) electrons. The maximum Gasteiger partial charge on any atom is 0.193 e. The molecule has 0 amide bonds. The van der Waals surface area contributed by atoms with Crippen molar-refractivity contribution in [2.45, 2.75) is 13.0 Å². The Morgan fingerprint density at radius 2 is 2.06 bits per heavy atom. The van der Waals surface area contributed by atoms with Gasteiger partial charge < -0.3 is 9.52 Å². The Kier molecular flexibility index (Phi) is 2.99. The predicted octanol–water partition coefficient (Wildman–Crippen LogP) is 3.46. The summed E-state index contributed by atoms with van der Waals surface area (Å²) in [7, 11) is 0. The lowest BCUT2D eigenvalue weighted by Gasteiger charge is -2.11. The standard InChI is InChI=1S/C12H10ClFO2/c1-7-2-3-8(14)6-9(7)12(15)10-4-5-11(13)16-10/h2-6,12,15H,1H3. The van der Waals surface area contributed by atoms with Gasteiger partial charge in [-0.15, -0.1) is 0 Å². The van der Waals surface area contributed by atoms with E-state index in [-0.39, 0.29) is 5.22 Å². The van der Waals surface area contributed by atoms with Gasteiger partial charge in [-0.1, -0.05) is 6.07 Å². The zero-order chi connectivity index (χ0) is 11.7. The molecule has 0 aliphatic heterocycles. The molecule has 1 aromatic heterocycles. The van der Waals surface area contributed by atoms with E-state index in [0.717, 1.165) is 5.56 Å². The second kappa shape index (κ2) is 4.28. The Hall–Kier alpha value is -1.32. The molecule has 2 nitrogen and oxygen atoms in total. The molecule has 0 saturated carbocycles. The van der Waals surface area contributed by atoms with Gasteiger partial charge in [-0.2, -0.15) is 0 Å². The number of halogens is 2. The lowest BCUT2D eigenvalue weighted by Crippen LogP contribution is -2.01. The average molecular weight is 241 g/mol. The summed E-state index contributed by atoms with van der Waals surface area (Å²) in [5.74, 6) is -0.0870. The highest BCUT2D eigenvalue weighted by Crippen LogP contribution is 2.28. The SMILES string of the molecule is Cc1ccc(F)cc1C(O)c1ccc(Cl)o1. The summed E-state index contributed by atoms with van der Waals surface area (Å²) >= 11 is 5.61. The van der Waals surface area contributed by atoms with Crippen LogP contribution in [0.3, 0.4) is 0 Å². The van der Waals surface area contributed by atoms with Crippen molar-refractivity contribution in [2.75, 3.05) is 0 Å². The Morgan fingerprint density at radius 1 is 1.31 bits per heavy atom. The third-order valence-electron chi connectivity index (χ3n) is 2.40. The van der Waals surface area contributed by atoms with Gasteiger partial charge in [0.05, 0.1) is 0 Å². The van der Waals surface area contributed by atoms with Crippen LogP contribution in [0.4, 0.5) is 4.39 Å². The number of hydrogen-bond acceptors (Lipinski definition) is 2. The molecule has 1 aromatic carbocycles. The summed E-state index contributed by atoms with van der Waals surface area (Å²) in [6.07, 6.45) is -0.997. The molecule has 0 spiro atoms. The van der Waals surface area contributed by atoms with Crippen molar-refractivity contribution in [3.05, 3.63) is 58.3 Å². The summed E-state index contributed by atoms with van der Waals surface area (Å²) in [6.45, 7) is 1.79. The van der Waals surface area contributed by atoms with Gasteiger partial charge in [0.15, 0.2) is 5.22 Å². The number of furan rings is 1. The maximum atomic E-state index is 13.1. The first kappa shape index (κ1) is 11.2. The molecule has 1 N–H and O–H groups in total. The van der Waals surface area contributed by atoms with E-state index in [4.69, 9.17) is 16.0 Å². The van der Waals surface area contributed by atoms with Crippen LogP contribution in [0.25, 0.3) is 0 Å². The second-order valence-electron chi connectivity index (χ2n) is 3.55. The van der Waals surface area contributed by atoms with E-state index >= 15 is 0 Å². The summed E-state index contributed by atoms with van der Waals surface area (Å²) in [5.41, 5.74) is 1.27. The maximum absolute atomic E-state index is 13.1. The van der Waals surface area contributed by atoms with Crippen molar-refractivity contribution in [3.8, 4) is 0 Å². The zero-order valence-corrected chi connectivity index (χ0v) is 9.33. The third-order valence-corrected chi connectivity index (χ3v) is 2.60. The zero-order valence-electron chi connectivity index (χ0n) is 8.58. The van der Waals surface area contributed by atoms with Gasteiger partial charge in [0.25, 0.3) is 0 Å². The Morgan fingerprint density at radius 3 is 2.69 bits per heavy atom. The average Bonchev–Trinajstić information content (AvgIpc) is 2.67. The Labute approximate surface area is 97.3 Å². The van der Waals surface area contributed by atoms with Crippen molar-refractivity contribution in [1.29, 1.82) is 0 Å². The minimum atomic E-state index is -0.997. The second-order valence-corrected chi connectivity index (χ2v) is 3.92. The van der Waals surface area contributed by atoms with Crippen LogP contribution in [0.15, 0.2) is 34.7 Å². The molecule has 2 rings (SSSR count). The molecule has 0 bridgehead atoms. The van der Waals surface area contributed by atoms with Gasteiger partial charge in [-0.3, -0.25) is 0 Å². The van der Waals surface area contributed by atoms with E-state index < -0.39 is 11.9 Å². The first-order chi connectivity index (χ1) is 7.58. The molecule has 16 heavy (non-hydrogen) atoms. The molecule has 1 heterocycles. The van der Waals surface area contributed by atoms with Crippen molar-refractivity contribution in [1.82, 2.24) is 0 Å². The lowest BCUT2D eigenvalue weighted by atomic mass is 10.0. The van der Waals surface area contributed by atoms with E-state index in [1.54, 1.807) is 19.1 Å². The number of aryl methyl sites for hydroxylation is 1. The van der Waals surface area contributed by atoms with Gasteiger partial charge in [-0.25, -0.2) is 4.39 Å². The molecule has 4 heteroatoms. The summed E-state index contributed by atoms with van der Waals surface area (Å²) in [4.78, 5) is 0. The fourth-order valence-electron chi connectivity index (χ4n) is 1.53. The molecule has 0 saturated heterocycles. The highest BCUT2D eigenvalue weighted by molar-refractivity contribution is 6.28. The monoisotopic (exact) mass is 240 g/mol. The molecule has 2 aromatic rings. The van der Waals surface area contributed by atoms with Gasteiger partial charge >= 0.3 is 0 Å². The van der Waals surface area contributed by atoms with Gasteiger partial charge in [0.1, 0.15) is 17.7 Å². The van der Waals surface area contributed by atoms with Crippen LogP contribution >= 0.6 is 11.6 Å². The van der Waals surface area contributed by atoms with E-state index in [9.17, 15) is 9.50 Å². The van der Waals surface area contributed by atoms with Crippen LogP contribution in [0.1, 0.15) is 23.0 Å². The largest absolute Gasteiger partial charge is 0.447 e. The number of hydrogen-bond donors (Lipinski definition) is 1. The summed E-state index contributed by atoms with van der Waals surface area (Å²) < 4.78 is 18.1. The number of benzene rings is 1. The van der Waals surface area contributed by atoms with E-state index in [1.807, 2.05) is 0 Å². The molecule has 0 aliphatic carbocycles.